The molecule has 0 aliphatic carbocycles. The topological polar surface area (TPSA) is 86.2 Å². The Hall–Kier alpha value is -1.55. The van der Waals surface area contributed by atoms with Crippen LogP contribution in [-0.2, 0) is 0 Å². The van der Waals surface area contributed by atoms with E-state index in [1.165, 1.54) is 18.2 Å². The third-order valence-electron chi connectivity index (χ3n) is 1.52. The normalized spacial score (nSPS) is 9.62. The summed E-state index contributed by atoms with van der Waals surface area (Å²) in [6, 6.07) is 4.10. The van der Waals surface area contributed by atoms with E-state index in [2.05, 4.69) is 0 Å². The highest BCUT2D eigenvalue weighted by Crippen LogP contribution is 2.16. The lowest BCUT2D eigenvalue weighted by Gasteiger charge is -2.00. The molecule has 1 aromatic carbocycles. The number of carbonyl (C=O) groups excluding carboxylic acids is 2. The third-order valence-corrected chi connectivity index (χ3v) is 1.85. The average Bonchev–Trinajstić information content (AvgIpc) is 2.04. The monoisotopic (exact) mass is 198 g/mol. The van der Waals surface area contributed by atoms with E-state index in [1.807, 2.05) is 0 Å². The van der Waals surface area contributed by atoms with Gasteiger partial charge in [0.15, 0.2) is 0 Å². The van der Waals surface area contributed by atoms with Crippen molar-refractivity contribution in [3.05, 3.63) is 34.3 Å². The van der Waals surface area contributed by atoms with Crippen LogP contribution in [0.3, 0.4) is 0 Å². The van der Waals surface area contributed by atoms with Crippen molar-refractivity contribution in [1.29, 1.82) is 0 Å². The van der Waals surface area contributed by atoms with Crippen molar-refractivity contribution in [2.75, 3.05) is 0 Å². The minimum Gasteiger partial charge on any atom is -0.366 e. The maximum Gasteiger partial charge on any atom is 0.250 e. The molecule has 0 fully saturated rings. The van der Waals surface area contributed by atoms with Crippen molar-refractivity contribution in [2.24, 2.45) is 11.5 Å². The maximum atomic E-state index is 10.8. The lowest BCUT2D eigenvalue weighted by molar-refractivity contribution is 0.0999. The Balaban J connectivity index is 3.27. The van der Waals surface area contributed by atoms with E-state index in [1.54, 1.807) is 0 Å². The van der Waals surface area contributed by atoms with Gasteiger partial charge in [-0.05, 0) is 18.2 Å². The first-order chi connectivity index (χ1) is 6.02. The number of hydrogen-bond donors (Lipinski definition) is 2. The van der Waals surface area contributed by atoms with Gasteiger partial charge in [0.05, 0.1) is 10.6 Å². The predicted molar refractivity (Wildman–Crippen MR) is 48.5 cm³/mol. The van der Waals surface area contributed by atoms with Crippen LogP contribution < -0.4 is 11.5 Å². The second kappa shape index (κ2) is 3.45. The van der Waals surface area contributed by atoms with Crippen LogP contribution in [-0.4, -0.2) is 11.8 Å². The minimum absolute atomic E-state index is 0.0953. The van der Waals surface area contributed by atoms with Crippen molar-refractivity contribution in [3.63, 3.8) is 0 Å². The van der Waals surface area contributed by atoms with Crippen molar-refractivity contribution < 1.29 is 9.59 Å². The van der Waals surface area contributed by atoms with Crippen LogP contribution in [0, 0.1) is 0 Å². The molecule has 0 heterocycles. The highest BCUT2D eigenvalue weighted by molar-refractivity contribution is 6.34. The molecule has 68 valence electrons. The van der Waals surface area contributed by atoms with Crippen molar-refractivity contribution in [1.82, 2.24) is 0 Å². The van der Waals surface area contributed by atoms with Crippen LogP contribution in [0.5, 0.6) is 0 Å². The Morgan fingerprint density at radius 3 is 2.23 bits per heavy atom. The van der Waals surface area contributed by atoms with Gasteiger partial charge in [0.1, 0.15) is 0 Å². The molecule has 0 aromatic heterocycles. The summed E-state index contributed by atoms with van der Waals surface area (Å²) in [4.78, 5) is 21.5. The van der Waals surface area contributed by atoms with Gasteiger partial charge in [-0.2, -0.15) is 0 Å². The SMILES string of the molecule is NC(=O)c1ccc(Cl)c(C(N)=O)c1. The van der Waals surface area contributed by atoms with Crippen molar-refractivity contribution in [3.8, 4) is 0 Å². The van der Waals surface area contributed by atoms with E-state index < -0.39 is 11.8 Å². The molecule has 0 atom stereocenters. The first kappa shape index (κ1) is 9.54. The zero-order valence-electron chi connectivity index (χ0n) is 6.58. The lowest BCUT2D eigenvalue weighted by Crippen LogP contribution is -2.15. The van der Waals surface area contributed by atoms with Gasteiger partial charge in [-0.3, -0.25) is 9.59 Å². The molecule has 5 heteroatoms. The zero-order valence-corrected chi connectivity index (χ0v) is 7.34. The number of hydrogen-bond acceptors (Lipinski definition) is 2. The molecule has 13 heavy (non-hydrogen) atoms. The molecule has 0 unspecified atom stereocenters. The number of rotatable bonds is 2. The van der Waals surface area contributed by atoms with Crippen molar-refractivity contribution in [2.45, 2.75) is 0 Å². The Labute approximate surface area is 79.5 Å². The molecule has 0 bridgehead atoms. The summed E-state index contributed by atoms with van der Waals surface area (Å²) in [7, 11) is 0. The van der Waals surface area contributed by atoms with Crippen LogP contribution in [0.25, 0.3) is 0 Å². The molecule has 0 aliphatic rings. The molecular weight excluding hydrogens is 192 g/mol. The first-order valence-corrected chi connectivity index (χ1v) is 3.79. The molecule has 1 aromatic rings. The Kier molecular flexibility index (Phi) is 2.53. The molecule has 4 nitrogen and oxygen atoms in total. The van der Waals surface area contributed by atoms with Crippen molar-refractivity contribution >= 4 is 23.4 Å². The smallest absolute Gasteiger partial charge is 0.250 e. The first-order valence-electron chi connectivity index (χ1n) is 3.41. The van der Waals surface area contributed by atoms with Gasteiger partial charge in [-0.15, -0.1) is 0 Å². The molecule has 1 rings (SSSR count). The standard InChI is InChI=1S/C8H7ClN2O2/c9-6-2-1-4(7(10)12)3-5(6)8(11)13/h1-3H,(H2,10,12)(H2,11,13). The summed E-state index contributed by atoms with van der Waals surface area (Å²) in [5, 5.41) is 0.206. The largest absolute Gasteiger partial charge is 0.366 e. The molecule has 0 saturated carbocycles. The summed E-state index contributed by atoms with van der Waals surface area (Å²) in [6.45, 7) is 0. The van der Waals surface area contributed by atoms with Crippen LogP contribution in [0.1, 0.15) is 20.7 Å². The quantitative estimate of drug-likeness (QED) is 0.727. The molecular formula is C8H7ClN2O2. The van der Waals surface area contributed by atoms with Crippen LogP contribution in [0.2, 0.25) is 5.02 Å². The maximum absolute atomic E-state index is 10.8. The van der Waals surface area contributed by atoms with Gasteiger partial charge in [0, 0.05) is 5.56 Å². The number of carbonyl (C=O) groups is 2. The summed E-state index contributed by atoms with van der Waals surface area (Å²) < 4.78 is 0. The second-order valence-electron chi connectivity index (χ2n) is 2.42. The summed E-state index contributed by atoms with van der Waals surface area (Å²) in [5.74, 6) is -1.31. The number of primary amides is 2. The van der Waals surface area contributed by atoms with Gasteiger partial charge >= 0.3 is 0 Å². The second-order valence-corrected chi connectivity index (χ2v) is 2.83. The summed E-state index contributed by atoms with van der Waals surface area (Å²) in [5.41, 5.74) is 10.3. The van der Waals surface area contributed by atoms with Gasteiger partial charge in [-0.25, -0.2) is 0 Å². The number of benzene rings is 1. The van der Waals surface area contributed by atoms with E-state index >= 15 is 0 Å². The number of amides is 2. The molecule has 0 spiro atoms. The van der Waals surface area contributed by atoms with E-state index in [-0.39, 0.29) is 16.1 Å². The lowest BCUT2D eigenvalue weighted by atomic mass is 10.1. The number of halogens is 1. The number of nitrogens with two attached hydrogens (primary N) is 2. The molecule has 0 saturated heterocycles. The van der Waals surface area contributed by atoms with E-state index in [0.717, 1.165) is 0 Å². The fraction of sp³-hybridized carbons (Fsp3) is 0. The summed E-state index contributed by atoms with van der Waals surface area (Å²) >= 11 is 5.64. The molecule has 2 amide bonds. The van der Waals surface area contributed by atoms with Gasteiger partial charge < -0.3 is 11.5 Å². The zero-order chi connectivity index (χ0) is 10.0. The fourth-order valence-electron chi connectivity index (χ4n) is 0.867. The van der Waals surface area contributed by atoms with Crippen LogP contribution in [0.15, 0.2) is 18.2 Å². The molecule has 0 radical (unpaired) electrons. The Morgan fingerprint density at radius 1 is 1.15 bits per heavy atom. The Morgan fingerprint density at radius 2 is 1.77 bits per heavy atom. The average molecular weight is 199 g/mol. The fourth-order valence-corrected chi connectivity index (χ4v) is 1.08. The van der Waals surface area contributed by atoms with E-state index in [0.29, 0.717) is 0 Å². The van der Waals surface area contributed by atoms with Crippen LogP contribution in [0.4, 0.5) is 0 Å². The molecule has 4 N–H and O–H groups in total. The van der Waals surface area contributed by atoms with Gasteiger partial charge in [0.2, 0.25) is 11.8 Å². The van der Waals surface area contributed by atoms with Crippen LogP contribution >= 0.6 is 11.6 Å². The highest BCUT2D eigenvalue weighted by Gasteiger charge is 2.09. The van der Waals surface area contributed by atoms with E-state index in [4.69, 9.17) is 23.1 Å². The Bertz CT molecular complexity index is 376. The highest BCUT2D eigenvalue weighted by atomic mass is 35.5. The minimum atomic E-state index is -0.687. The molecule has 0 aliphatic heterocycles. The summed E-state index contributed by atoms with van der Waals surface area (Å²) in [6.07, 6.45) is 0. The van der Waals surface area contributed by atoms with Gasteiger partial charge in [0.25, 0.3) is 0 Å². The van der Waals surface area contributed by atoms with Gasteiger partial charge in [-0.1, -0.05) is 11.6 Å². The van der Waals surface area contributed by atoms with E-state index in [9.17, 15) is 9.59 Å². The third kappa shape index (κ3) is 1.97. The predicted octanol–water partition coefficient (Wildman–Crippen LogP) is 0.538.